The van der Waals surface area contributed by atoms with E-state index in [-0.39, 0.29) is 6.79 Å². The molecule has 3 rings (SSSR count). The van der Waals surface area contributed by atoms with Crippen LogP contribution in [0.2, 0.25) is 0 Å². The van der Waals surface area contributed by atoms with Gasteiger partial charge >= 0.3 is 0 Å². The zero-order valence-corrected chi connectivity index (χ0v) is 9.56. The highest BCUT2D eigenvalue weighted by Crippen LogP contribution is 2.62. The van der Waals surface area contributed by atoms with Gasteiger partial charge in [0.25, 0.3) is 5.92 Å². The molecule has 0 aromatic heterocycles. The molecule has 3 saturated carbocycles. The van der Waals surface area contributed by atoms with E-state index in [0.717, 1.165) is 0 Å². The molecule has 0 amide bonds. The third-order valence-corrected chi connectivity index (χ3v) is 4.25. The molecule has 0 aliphatic heterocycles. The second-order valence-electron chi connectivity index (χ2n) is 5.16. The van der Waals surface area contributed by atoms with Gasteiger partial charge in [0.1, 0.15) is 12.4 Å². The maximum Gasteiger partial charge on any atom is 0.286 e. The average Bonchev–Trinajstić information content (AvgIpc) is 2.26. The third-order valence-electron chi connectivity index (χ3n) is 4.25. The zero-order chi connectivity index (χ0) is 12.0. The molecule has 5 heteroatoms. The van der Waals surface area contributed by atoms with E-state index in [9.17, 15) is 13.2 Å². The molecule has 1 atom stereocenters. The van der Waals surface area contributed by atoms with E-state index in [1.165, 1.54) is 14.0 Å². The van der Waals surface area contributed by atoms with Crippen molar-refractivity contribution in [3.05, 3.63) is 0 Å². The standard InChI is InChI=1S/C11H17F3O2/c1-9-3-5-10(6-4-9,16-7-15-2)8(12)11(9,13)14/h8H,3-7H2,1-2H3. The van der Waals surface area contributed by atoms with Gasteiger partial charge in [0.2, 0.25) is 0 Å². The lowest BCUT2D eigenvalue weighted by Crippen LogP contribution is -2.66. The topological polar surface area (TPSA) is 18.5 Å². The molecule has 2 nitrogen and oxygen atoms in total. The SMILES string of the molecule is COCOC12CCC(C)(CC1)C(F)(F)C2F. The van der Waals surface area contributed by atoms with E-state index >= 15 is 0 Å². The normalized spacial score (nSPS) is 45.9. The van der Waals surface area contributed by atoms with Crippen LogP contribution in [0.25, 0.3) is 0 Å². The number of hydrogen-bond donors (Lipinski definition) is 0. The summed E-state index contributed by atoms with van der Waals surface area (Å²) in [5, 5.41) is 0. The second-order valence-corrected chi connectivity index (χ2v) is 5.16. The molecule has 1 unspecified atom stereocenters. The summed E-state index contributed by atoms with van der Waals surface area (Å²) in [6.07, 6.45) is -0.899. The summed E-state index contributed by atoms with van der Waals surface area (Å²) in [5.74, 6) is -3.29. The van der Waals surface area contributed by atoms with Crippen LogP contribution in [0.1, 0.15) is 32.6 Å². The van der Waals surface area contributed by atoms with Crippen LogP contribution in [0.15, 0.2) is 0 Å². The van der Waals surface area contributed by atoms with Crippen molar-refractivity contribution in [1.29, 1.82) is 0 Å². The van der Waals surface area contributed by atoms with Gasteiger partial charge in [0.15, 0.2) is 6.17 Å². The molecule has 16 heavy (non-hydrogen) atoms. The van der Waals surface area contributed by atoms with Gasteiger partial charge in [-0.3, -0.25) is 0 Å². The smallest absolute Gasteiger partial charge is 0.286 e. The van der Waals surface area contributed by atoms with Crippen LogP contribution in [0.4, 0.5) is 13.2 Å². The highest BCUT2D eigenvalue weighted by molar-refractivity contribution is 5.14. The van der Waals surface area contributed by atoms with Gasteiger partial charge in [-0.25, -0.2) is 13.2 Å². The predicted octanol–water partition coefficient (Wildman–Crippen LogP) is 2.91. The van der Waals surface area contributed by atoms with Gasteiger partial charge in [-0.05, 0) is 25.7 Å². The van der Waals surface area contributed by atoms with Crippen LogP contribution in [0.3, 0.4) is 0 Å². The van der Waals surface area contributed by atoms with Gasteiger partial charge < -0.3 is 9.47 Å². The maximum absolute atomic E-state index is 13.9. The van der Waals surface area contributed by atoms with Crippen molar-refractivity contribution < 1.29 is 22.6 Å². The van der Waals surface area contributed by atoms with Crippen molar-refractivity contribution in [3.8, 4) is 0 Å². The van der Waals surface area contributed by atoms with Crippen molar-refractivity contribution >= 4 is 0 Å². The summed E-state index contributed by atoms with van der Waals surface area (Å²) >= 11 is 0. The van der Waals surface area contributed by atoms with Crippen molar-refractivity contribution in [2.45, 2.75) is 50.3 Å². The monoisotopic (exact) mass is 238 g/mol. The number of ether oxygens (including phenoxy) is 2. The first-order valence-electron chi connectivity index (χ1n) is 5.53. The molecule has 2 bridgehead atoms. The first kappa shape index (κ1) is 12.2. The van der Waals surface area contributed by atoms with Gasteiger partial charge in [0.05, 0.1) is 0 Å². The van der Waals surface area contributed by atoms with Crippen molar-refractivity contribution in [2.24, 2.45) is 5.41 Å². The Labute approximate surface area is 93.1 Å². The van der Waals surface area contributed by atoms with Crippen LogP contribution in [0, 0.1) is 5.41 Å². The molecule has 0 saturated heterocycles. The largest absolute Gasteiger partial charge is 0.359 e. The summed E-state index contributed by atoms with van der Waals surface area (Å²) in [4.78, 5) is 0. The van der Waals surface area contributed by atoms with E-state index in [1.54, 1.807) is 0 Å². The quantitative estimate of drug-likeness (QED) is 0.704. The van der Waals surface area contributed by atoms with Gasteiger partial charge in [0, 0.05) is 12.5 Å². The molecule has 0 spiro atoms. The average molecular weight is 238 g/mol. The van der Waals surface area contributed by atoms with E-state index in [2.05, 4.69) is 0 Å². The number of fused-ring (bicyclic) bond motifs is 3. The number of methoxy groups -OCH3 is 1. The molecular formula is C11H17F3O2. The maximum atomic E-state index is 13.9. The molecular weight excluding hydrogens is 221 g/mol. The fourth-order valence-electron chi connectivity index (χ4n) is 2.84. The van der Waals surface area contributed by atoms with Gasteiger partial charge in [-0.15, -0.1) is 0 Å². The molecule has 0 aromatic carbocycles. The molecule has 3 fully saturated rings. The van der Waals surface area contributed by atoms with E-state index in [0.29, 0.717) is 25.7 Å². The van der Waals surface area contributed by atoms with E-state index in [4.69, 9.17) is 9.47 Å². The van der Waals surface area contributed by atoms with Crippen LogP contribution in [0.5, 0.6) is 0 Å². The molecule has 0 radical (unpaired) electrons. The highest BCUT2D eigenvalue weighted by atomic mass is 19.3. The van der Waals surface area contributed by atoms with Gasteiger partial charge in [-0.2, -0.15) is 0 Å². The second kappa shape index (κ2) is 3.60. The lowest BCUT2D eigenvalue weighted by Gasteiger charge is -2.57. The molecule has 0 heterocycles. The van der Waals surface area contributed by atoms with E-state index < -0.39 is 23.1 Å². The lowest BCUT2D eigenvalue weighted by molar-refractivity contribution is -0.308. The fourth-order valence-corrected chi connectivity index (χ4v) is 2.84. The van der Waals surface area contributed by atoms with Crippen LogP contribution in [-0.2, 0) is 9.47 Å². The molecule has 94 valence electrons. The summed E-state index contributed by atoms with van der Waals surface area (Å²) in [7, 11) is 1.40. The Bertz CT molecular complexity index is 267. The predicted molar refractivity (Wildman–Crippen MR) is 52.1 cm³/mol. The van der Waals surface area contributed by atoms with Crippen molar-refractivity contribution in [2.75, 3.05) is 13.9 Å². The number of halogens is 3. The Morgan fingerprint density at radius 1 is 1.19 bits per heavy atom. The molecule has 3 aliphatic rings. The summed E-state index contributed by atoms with van der Waals surface area (Å²) in [5.41, 5.74) is -2.54. The Balaban J connectivity index is 2.24. The minimum atomic E-state index is -3.29. The Morgan fingerprint density at radius 2 is 1.75 bits per heavy atom. The van der Waals surface area contributed by atoms with Crippen molar-refractivity contribution in [3.63, 3.8) is 0 Å². The number of rotatable bonds is 3. The fraction of sp³-hybridized carbons (Fsp3) is 1.00. The molecule has 0 aromatic rings. The lowest BCUT2D eigenvalue weighted by atomic mass is 9.56. The minimum absolute atomic E-state index is 0.132. The number of hydrogen-bond acceptors (Lipinski definition) is 2. The molecule has 0 N–H and O–H groups in total. The van der Waals surface area contributed by atoms with Gasteiger partial charge in [-0.1, -0.05) is 6.92 Å². The Kier molecular flexibility index (Phi) is 2.74. The third kappa shape index (κ3) is 1.40. The summed E-state index contributed by atoms with van der Waals surface area (Å²) < 4.78 is 51.6. The Morgan fingerprint density at radius 3 is 2.25 bits per heavy atom. The van der Waals surface area contributed by atoms with Crippen LogP contribution < -0.4 is 0 Å². The highest BCUT2D eigenvalue weighted by Gasteiger charge is 2.70. The molecule has 3 aliphatic carbocycles. The first-order valence-corrected chi connectivity index (χ1v) is 5.53. The zero-order valence-electron chi connectivity index (χ0n) is 9.56. The number of alkyl halides is 3. The van der Waals surface area contributed by atoms with Crippen LogP contribution in [-0.4, -0.2) is 31.6 Å². The van der Waals surface area contributed by atoms with E-state index in [1.807, 2.05) is 0 Å². The first-order chi connectivity index (χ1) is 7.38. The summed E-state index contributed by atoms with van der Waals surface area (Å²) in [6.45, 7) is 1.34. The van der Waals surface area contributed by atoms with Crippen molar-refractivity contribution in [1.82, 2.24) is 0 Å². The summed E-state index contributed by atoms with van der Waals surface area (Å²) in [6, 6.07) is 0. The van der Waals surface area contributed by atoms with Crippen LogP contribution >= 0.6 is 0 Å². The minimum Gasteiger partial charge on any atom is -0.359 e. The Hall–Kier alpha value is -0.290.